The Morgan fingerprint density at radius 3 is 2.55 bits per heavy atom. The van der Waals surface area contributed by atoms with Crippen molar-refractivity contribution in [1.29, 1.82) is 0 Å². The van der Waals surface area contributed by atoms with Crippen LogP contribution >= 0.6 is 15.9 Å². The van der Waals surface area contributed by atoms with Crippen molar-refractivity contribution in [3.8, 4) is 5.75 Å². The number of ether oxygens (including phenoxy) is 1. The van der Waals surface area contributed by atoms with Gasteiger partial charge in [0.2, 0.25) is 0 Å². The van der Waals surface area contributed by atoms with Crippen LogP contribution in [0.3, 0.4) is 0 Å². The predicted molar refractivity (Wildman–Crippen MR) is 130 cm³/mol. The van der Waals surface area contributed by atoms with Crippen LogP contribution in [0.4, 0.5) is 5.69 Å². The highest BCUT2D eigenvalue weighted by atomic mass is 79.9. The number of aromatic nitrogens is 1. The second-order valence-corrected chi connectivity index (χ2v) is 8.96. The van der Waals surface area contributed by atoms with Crippen LogP contribution in [-0.4, -0.2) is 28.9 Å². The summed E-state index contributed by atoms with van der Waals surface area (Å²) < 4.78 is 6.21. The van der Waals surface area contributed by atoms with E-state index in [0.29, 0.717) is 22.6 Å². The van der Waals surface area contributed by atoms with E-state index in [-0.39, 0.29) is 17.3 Å². The standard InChI is InChI=1S/C26H23BrN2O4/c1-15(2)20-12-16(9-10-21(20)33-3)24(30)22-23(17-6-5-11-28-14-17)29(26(32)25(22)31)19-8-4-7-18(27)13-19/h4-15,23,30H,1-3H3/b24-22-. The Morgan fingerprint density at radius 1 is 1.12 bits per heavy atom. The molecule has 1 atom stereocenters. The van der Waals surface area contributed by atoms with Crippen LogP contribution in [0.25, 0.3) is 5.76 Å². The number of methoxy groups -OCH3 is 1. The molecule has 1 aromatic heterocycles. The van der Waals surface area contributed by atoms with Crippen LogP contribution in [-0.2, 0) is 9.59 Å². The summed E-state index contributed by atoms with van der Waals surface area (Å²) in [5, 5.41) is 11.3. The maximum Gasteiger partial charge on any atom is 0.300 e. The molecule has 1 fully saturated rings. The zero-order chi connectivity index (χ0) is 23.7. The van der Waals surface area contributed by atoms with Gasteiger partial charge in [-0.15, -0.1) is 0 Å². The van der Waals surface area contributed by atoms with Crippen LogP contribution in [0.5, 0.6) is 5.75 Å². The number of hydrogen-bond donors (Lipinski definition) is 1. The Kier molecular flexibility index (Phi) is 6.33. The van der Waals surface area contributed by atoms with Gasteiger partial charge in [0.15, 0.2) is 0 Å². The summed E-state index contributed by atoms with van der Waals surface area (Å²) in [4.78, 5) is 32.0. The molecule has 1 unspecified atom stereocenters. The summed E-state index contributed by atoms with van der Waals surface area (Å²) >= 11 is 3.43. The third-order valence-corrected chi connectivity index (χ3v) is 6.15. The van der Waals surface area contributed by atoms with Crippen molar-refractivity contribution in [1.82, 2.24) is 4.98 Å². The summed E-state index contributed by atoms with van der Waals surface area (Å²) in [5.41, 5.74) is 2.52. The average Bonchev–Trinajstić information content (AvgIpc) is 3.09. The second kappa shape index (κ2) is 9.19. The summed E-state index contributed by atoms with van der Waals surface area (Å²) in [5.74, 6) is -0.862. The molecule has 0 aliphatic carbocycles. The lowest BCUT2D eigenvalue weighted by atomic mass is 9.93. The second-order valence-electron chi connectivity index (χ2n) is 8.05. The van der Waals surface area contributed by atoms with Gasteiger partial charge in [-0.25, -0.2) is 0 Å². The van der Waals surface area contributed by atoms with Crippen molar-refractivity contribution in [2.45, 2.75) is 25.8 Å². The van der Waals surface area contributed by atoms with E-state index in [2.05, 4.69) is 20.9 Å². The topological polar surface area (TPSA) is 79.7 Å². The number of halogens is 1. The van der Waals surface area contributed by atoms with E-state index < -0.39 is 17.7 Å². The number of carbonyl (C=O) groups is 2. The molecule has 4 rings (SSSR count). The van der Waals surface area contributed by atoms with Gasteiger partial charge < -0.3 is 9.84 Å². The predicted octanol–water partition coefficient (Wildman–Crippen LogP) is 5.60. The minimum atomic E-state index is -0.822. The minimum absolute atomic E-state index is 0.0212. The molecule has 1 N–H and O–H groups in total. The number of carbonyl (C=O) groups excluding carboxylic acids is 2. The van der Waals surface area contributed by atoms with Gasteiger partial charge in [-0.2, -0.15) is 0 Å². The fourth-order valence-electron chi connectivity index (χ4n) is 4.07. The van der Waals surface area contributed by atoms with Crippen LogP contribution in [0, 0.1) is 0 Å². The fourth-order valence-corrected chi connectivity index (χ4v) is 4.45. The first-order valence-corrected chi connectivity index (χ1v) is 11.3. The van der Waals surface area contributed by atoms with Gasteiger partial charge in [-0.1, -0.05) is 41.9 Å². The van der Waals surface area contributed by atoms with Crippen molar-refractivity contribution < 1.29 is 19.4 Å². The van der Waals surface area contributed by atoms with E-state index in [1.165, 1.54) is 4.90 Å². The Balaban J connectivity index is 1.94. The Labute approximate surface area is 200 Å². The van der Waals surface area contributed by atoms with Crippen LogP contribution in [0.2, 0.25) is 0 Å². The molecule has 168 valence electrons. The summed E-state index contributed by atoms with van der Waals surface area (Å²) in [7, 11) is 1.59. The van der Waals surface area contributed by atoms with Gasteiger partial charge in [0.25, 0.3) is 11.7 Å². The molecule has 3 aromatic rings. The van der Waals surface area contributed by atoms with Gasteiger partial charge in [0.05, 0.1) is 18.7 Å². The summed E-state index contributed by atoms with van der Waals surface area (Å²) in [6.45, 7) is 4.03. The van der Waals surface area contributed by atoms with E-state index in [0.717, 1.165) is 10.0 Å². The molecular weight excluding hydrogens is 484 g/mol. The SMILES string of the molecule is COc1ccc(/C(O)=C2/C(=O)C(=O)N(c3cccc(Br)c3)C2c2cccnc2)cc1C(C)C. The lowest BCUT2D eigenvalue weighted by molar-refractivity contribution is -0.132. The molecule has 0 saturated carbocycles. The quantitative estimate of drug-likeness (QED) is 0.276. The number of benzene rings is 2. The summed E-state index contributed by atoms with van der Waals surface area (Å²) in [6.07, 6.45) is 3.22. The number of aliphatic hydroxyl groups is 1. The van der Waals surface area contributed by atoms with Crippen molar-refractivity contribution >= 4 is 39.1 Å². The molecule has 2 heterocycles. The highest BCUT2D eigenvalue weighted by molar-refractivity contribution is 9.10. The molecule has 6 nitrogen and oxygen atoms in total. The number of nitrogens with zero attached hydrogens (tertiary/aromatic N) is 2. The molecule has 0 spiro atoms. The molecular formula is C26H23BrN2O4. The van der Waals surface area contributed by atoms with Crippen molar-refractivity contribution in [3.63, 3.8) is 0 Å². The first-order valence-electron chi connectivity index (χ1n) is 10.5. The Bertz CT molecular complexity index is 1250. The first-order chi connectivity index (χ1) is 15.8. The summed E-state index contributed by atoms with van der Waals surface area (Å²) in [6, 6.07) is 15.1. The maximum atomic E-state index is 13.2. The zero-order valence-corrected chi connectivity index (χ0v) is 20.0. The number of ketones is 1. The third kappa shape index (κ3) is 4.16. The van der Waals surface area contributed by atoms with Crippen molar-refractivity contribution in [3.05, 3.63) is 93.7 Å². The molecule has 0 radical (unpaired) electrons. The molecule has 2 aromatic carbocycles. The van der Waals surface area contributed by atoms with Gasteiger partial charge in [0.1, 0.15) is 11.5 Å². The number of aliphatic hydroxyl groups excluding tert-OH is 1. The first kappa shape index (κ1) is 22.7. The van der Waals surface area contributed by atoms with Gasteiger partial charge >= 0.3 is 0 Å². The highest BCUT2D eigenvalue weighted by Gasteiger charge is 2.47. The Hall–Kier alpha value is -3.45. The Morgan fingerprint density at radius 2 is 1.91 bits per heavy atom. The fraction of sp³-hybridized carbons (Fsp3) is 0.192. The lowest BCUT2D eigenvalue weighted by Crippen LogP contribution is -2.29. The van der Waals surface area contributed by atoms with Gasteiger partial charge in [-0.3, -0.25) is 19.5 Å². The lowest BCUT2D eigenvalue weighted by Gasteiger charge is -2.25. The molecule has 1 aliphatic heterocycles. The smallest absolute Gasteiger partial charge is 0.300 e. The number of amides is 1. The van der Waals surface area contributed by atoms with Crippen LogP contribution in [0.15, 0.2) is 77.0 Å². The number of pyridine rings is 1. The number of hydrogen-bond acceptors (Lipinski definition) is 5. The molecule has 7 heteroatoms. The number of rotatable bonds is 5. The van der Waals surface area contributed by atoms with E-state index >= 15 is 0 Å². The normalized spacial score (nSPS) is 17.6. The zero-order valence-electron chi connectivity index (χ0n) is 18.4. The molecule has 1 amide bonds. The van der Waals surface area contributed by atoms with Crippen molar-refractivity contribution in [2.75, 3.05) is 12.0 Å². The third-order valence-electron chi connectivity index (χ3n) is 5.66. The molecule has 33 heavy (non-hydrogen) atoms. The van der Waals surface area contributed by atoms with Gasteiger partial charge in [0, 0.05) is 28.1 Å². The van der Waals surface area contributed by atoms with E-state index in [9.17, 15) is 14.7 Å². The number of Topliss-reactive ketones (excluding diaryl/α,β-unsaturated/α-hetero) is 1. The van der Waals surface area contributed by atoms with E-state index in [1.807, 2.05) is 19.9 Å². The monoisotopic (exact) mass is 506 g/mol. The molecule has 0 bridgehead atoms. The van der Waals surface area contributed by atoms with Crippen LogP contribution < -0.4 is 9.64 Å². The van der Waals surface area contributed by atoms with Crippen molar-refractivity contribution in [2.24, 2.45) is 0 Å². The molecule has 1 saturated heterocycles. The number of anilines is 1. The van der Waals surface area contributed by atoms with E-state index in [4.69, 9.17) is 4.74 Å². The van der Waals surface area contributed by atoms with E-state index in [1.54, 1.807) is 68.0 Å². The average molecular weight is 507 g/mol. The molecule has 1 aliphatic rings. The van der Waals surface area contributed by atoms with Crippen LogP contribution in [0.1, 0.15) is 42.5 Å². The highest BCUT2D eigenvalue weighted by Crippen LogP contribution is 2.43. The largest absolute Gasteiger partial charge is 0.507 e. The minimum Gasteiger partial charge on any atom is -0.507 e. The maximum absolute atomic E-state index is 13.2. The van der Waals surface area contributed by atoms with Gasteiger partial charge in [-0.05, 0) is 59.5 Å².